The summed E-state index contributed by atoms with van der Waals surface area (Å²) in [4.78, 5) is 14.3. The fourth-order valence-corrected chi connectivity index (χ4v) is 5.48. The Morgan fingerprint density at radius 2 is 1.55 bits per heavy atom. The largest absolute Gasteiger partial charge is 1.00 e. The van der Waals surface area contributed by atoms with Crippen molar-refractivity contribution in [2.75, 3.05) is 6.61 Å². The number of rotatable bonds is 10. The zero-order valence-electron chi connectivity index (χ0n) is 20.8. The van der Waals surface area contributed by atoms with Crippen LogP contribution in [0.5, 0.6) is 5.75 Å². The summed E-state index contributed by atoms with van der Waals surface area (Å²) in [6.07, 6.45) is 3.48. The van der Waals surface area contributed by atoms with Gasteiger partial charge in [-0.15, -0.1) is 3.89 Å². The number of hydrogen-bond acceptors (Lipinski definition) is 4. The van der Waals surface area contributed by atoms with Crippen LogP contribution in [-0.4, -0.2) is 25.8 Å². The third-order valence-electron chi connectivity index (χ3n) is 5.76. The summed E-state index contributed by atoms with van der Waals surface area (Å²) in [5.74, 6) is 0.149. The van der Waals surface area contributed by atoms with Gasteiger partial charge in [-0.2, -0.15) is 8.42 Å². The Morgan fingerprint density at radius 3 is 2.25 bits per heavy atom. The van der Waals surface area contributed by atoms with Crippen molar-refractivity contribution >= 4 is 50.9 Å². The number of carbonyl (C=O) groups is 1. The van der Waals surface area contributed by atoms with Gasteiger partial charge in [-0.25, -0.2) is 4.57 Å². The number of benzene rings is 3. The molecule has 210 valence electrons. The second-order valence-electron chi connectivity index (χ2n) is 8.65. The van der Waals surface area contributed by atoms with E-state index < -0.39 is 15.1 Å². The predicted molar refractivity (Wildman–Crippen MR) is 148 cm³/mol. The van der Waals surface area contributed by atoms with Crippen molar-refractivity contribution in [3.05, 3.63) is 123 Å². The number of pyridine rings is 1. The number of carbonyl (C=O) groups excluding carboxylic acids is 1. The molecule has 0 aliphatic heterocycles. The lowest BCUT2D eigenvalue weighted by molar-refractivity contribution is -0.689. The first-order valence-electron chi connectivity index (χ1n) is 11.7. The van der Waals surface area contributed by atoms with Gasteiger partial charge in [0.25, 0.3) is 5.91 Å². The van der Waals surface area contributed by atoms with E-state index in [9.17, 15) is 17.1 Å². The topological polar surface area (TPSA) is 67.6 Å². The Hall–Kier alpha value is -2.69. The molecule has 0 aliphatic carbocycles. The molecule has 0 bridgehead atoms. The molecule has 0 atom stereocenters. The minimum Gasteiger partial charge on any atom is -1.00 e. The fraction of sp³-hybridized carbons (Fsp3) is 0.143. The average molecular weight is 689 g/mol. The number of hydrogen-bond donors (Lipinski definition) is 0. The lowest BCUT2D eigenvalue weighted by atomic mass is 10.2. The second kappa shape index (κ2) is 14.3. The van der Waals surface area contributed by atoms with E-state index in [1.165, 1.54) is 12.1 Å². The molecule has 12 heteroatoms. The molecule has 6 nitrogen and oxygen atoms in total. The van der Waals surface area contributed by atoms with E-state index >= 15 is 0 Å². The number of ether oxygens (including phenoxy) is 1. The number of aromatic nitrogens is 1. The van der Waals surface area contributed by atoms with Crippen molar-refractivity contribution in [3.8, 4) is 5.75 Å². The van der Waals surface area contributed by atoms with Crippen LogP contribution in [-0.2, 0) is 34.7 Å². The maximum atomic E-state index is 13.9. The lowest BCUT2D eigenvalue weighted by Crippen LogP contribution is -3.00. The molecule has 0 radical (unpaired) electrons. The minimum atomic E-state index is -5.02. The van der Waals surface area contributed by atoms with Gasteiger partial charge >= 0.3 is 10.2 Å². The molecular weight excluding hydrogens is 666 g/mol. The van der Waals surface area contributed by atoms with Gasteiger partial charge in [-0.1, -0.05) is 77.3 Å². The van der Waals surface area contributed by atoms with Gasteiger partial charge in [0.15, 0.2) is 25.5 Å². The summed E-state index contributed by atoms with van der Waals surface area (Å²) < 4.78 is 44.7. The smallest absolute Gasteiger partial charge is 0.334 e. The maximum absolute atomic E-state index is 13.9. The zero-order chi connectivity index (χ0) is 28.0. The lowest BCUT2D eigenvalue weighted by Gasteiger charge is -2.23. The summed E-state index contributed by atoms with van der Waals surface area (Å²) >= 11 is 18.0. The molecule has 40 heavy (non-hydrogen) atoms. The third-order valence-corrected chi connectivity index (χ3v) is 7.90. The summed E-state index contributed by atoms with van der Waals surface area (Å²) in [6.45, 7) is 0.402. The number of amides is 1. The van der Waals surface area contributed by atoms with Crippen LogP contribution in [0.1, 0.15) is 16.7 Å². The molecule has 0 aliphatic rings. The van der Waals surface area contributed by atoms with Gasteiger partial charge in [-0.05, 0) is 29.8 Å². The molecule has 0 unspecified atom stereocenters. The van der Waals surface area contributed by atoms with Crippen molar-refractivity contribution < 1.29 is 43.4 Å². The van der Waals surface area contributed by atoms with Gasteiger partial charge in [0.2, 0.25) is 0 Å². The van der Waals surface area contributed by atoms with Crippen molar-refractivity contribution in [2.24, 2.45) is 0 Å². The SMILES string of the molecule is O=C(COc1ccc(Cl)c(Cl)c1)N(Cc1ccccc1)Cc1ccc[n+](Cc2cccc(Cl)c2S(=O)(=O)F)c1.[Br-]. The van der Waals surface area contributed by atoms with Crippen LogP contribution in [0.15, 0.2) is 96.2 Å². The third kappa shape index (κ3) is 8.65. The Balaban J connectivity index is 0.00000441. The summed E-state index contributed by atoms with van der Waals surface area (Å²) in [6, 6.07) is 22.3. The van der Waals surface area contributed by atoms with Gasteiger partial charge in [-0.3, -0.25) is 4.79 Å². The highest BCUT2D eigenvalue weighted by Crippen LogP contribution is 2.27. The second-order valence-corrected chi connectivity index (χ2v) is 11.2. The molecule has 1 heterocycles. The Labute approximate surface area is 257 Å². The van der Waals surface area contributed by atoms with Crippen LogP contribution >= 0.6 is 34.8 Å². The average Bonchev–Trinajstić information content (AvgIpc) is 2.89. The van der Waals surface area contributed by atoms with Crippen molar-refractivity contribution in [3.63, 3.8) is 0 Å². The molecule has 1 amide bonds. The van der Waals surface area contributed by atoms with E-state index in [1.807, 2.05) is 36.4 Å². The first-order chi connectivity index (χ1) is 18.6. The normalized spacial score (nSPS) is 11.0. The molecule has 0 N–H and O–H groups in total. The summed E-state index contributed by atoms with van der Waals surface area (Å²) in [7, 11) is -5.02. The quantitative estimate of drug-likeness (QED) is 0.190. The van der Waals surface area contributed by atoms with Crippen LogP contribution in [0.3, 0.4) is 0 Å². The van der Waals surface area contributed by atoms with E-state index in [2.05, 4.69) is 0 Å². The highest BCUT2D eigenvalue weighted by Gasteiger charge is 2.24. The van der Waals surface area contributed by atoms with Gasteiger partial charge in [0.05, 0.1) is 21.6 Å². The Kier molecular flexibility index (Phi) is 11.4. The van der Waals surface area contributed by atoms with E-state index in [1.54, 1.807) is 52.2 Å². The van der Waals surface area contributed by atoms with Crippen molar-refractivity contribution in [1.29, 1.82) is 0 Å². The molecule has 4 aromatic rings. The number of nitrogens with zero attached hydrogens (tertiary/aromatic N) is 2. The first-order valence-corrected chi connectivity index (χ1v) is 14.2. The highest BCUT2D eigenvalue weighted by molar-refractivity contribution is 7.86. The molecule has 3 aromatic carbocycles. The highest BCUT2D eigenvalue weighted by atomic mass is 79.9. The molecule has 0 spiro atoms. The van der Waals surface area contributed by atoms with Crippen LogP contribution < -0.4 is 26.3 Å². The van der Waals surface area contributed by atoms with Gasteiger partial charge in [0.1, 0.15) is 10.6 Å². The van der Waals surface area contributed by atoms with Crippen LogP contribution in [0, 0.1) is 0 Å². The standard InChI is InChI=1S/C28H23Cl3FN2O4S.BrH/c29-24-12-11-23(14-26(24)31)38-19-27(35)34(16-20-6-2-1-3-7-20)17-21-8-5-13-33(15-21)18-22-9-4-10-25(30)28(22)39(32,36)37;/h1-15H,16-19H2;1H/q+1;/p-1. The van der Waals surface area contributed by atoms with E-state index in [0.29, 0.717) is 22.3 Å². The van der Waals surface area contributed by atoms with Gasteiger partial charge in [0, 0.05) is 29.8 Å². The molecule has 0 fully saturated rings. The Morgan fingerprint density at radius 1 is 0.850 bits per heavy atom. The van der Waals surface area contributed by atoms with Crippen molar-refractivity contribution in [1.82, 2.24) is 4.90 Å². The van der Waals surface area contributed by atoms with Crippen molar-refractivity contribution in [2.45, 2.75) is 24.5 Å². The molecular formula is C28H23BrCl3FN2O4S. The summed E-state index contributed by atoms with van der Waals surface area (Å²) in [5.41, 5.74) is 1.91. The van der Waals surface area contributed by atoms with E-state index in [0.717, 1.165) is 11.1 Å². The first kappa shape index (κ1) is 31.8. The predicted octanol–water partition coefficient (Wildman–Crippen LogP) is 3.25. The monoisotopic (exact) mass is 686 g/mol. The molecule has 0 saturated heterocycles. The van der Waals surface area contributed by atoms with Gasteiger partial charge < -0.3 is 26.6 Å². The molecule has 4 rings (SSSR count). The number of halogens is 5. The van der Waals surface area contributed by atoms with Crippen LogP contribution in [0.25, 0.3) is 0 Å². The zero-order valence-corrected chi connectivity index (χ0v) is 25.5. The minimum absolute atomic E-state index is 0. The molecule has 1 aromatic heterocycles. The van der Waals surface area contributed by atoms with E-state index in [-0.39, 0.29) is 53.2 Å². The maximum Gasteiger partial charge on any atom is 0.334 e. The fourth-order valence-electron chi connectivity index (χ4n) is 3.98. The Bertz CT molecular complexity index is 1590. The molecule has 0 saturated carbocycles. The van der Waals surface area contributed by atoms with E-state index in [4.69, 9.17) is 39.5 Å². The summed E-state index contributed by atoms with van der Waals surface area (Å²) in [5, 5.41) is 0.515. The van der Waals surface area contributed by atoms with Crippen LogP contribution in [0.4, 0.5) is 3.89 Å². The van der Waals surface area contributed by atoms with Crippen LogP contribution in [0.2, 0.25) is 15.1 Å².